The van der Waals surface area contributed by atoms with Gasteiger partial charge >= 0.3 is 5.97 Å². The van der Waals surface area contributed by atoms with Crippen LogP contribution in [-0.2, 0) is 20.7 Å². The highest BCUT2D eigenvalue weighted by molar-refractivity contribution is 7.15. The Hall–Kier alpha value is -2.45. The predicted octanol–water partition coefficient (Wildman–Crippen LogP) is 8.81. The number of esters is 1. The van der Waals surface area contributed by atoms with Crippen molar-refractivity contribution in [2.75, 3.05) is 5.32 Å². The van der Waals surface area contributed by atoms with Crippen LogP contribution in [0.1, 0.15) is 139 Å². The number of benzene rings is 1. The summed E-state index contributed by atoms with van der Waals surface area (Å²) in [5.41, 5.74) is 1.94. The number of aromatic hydroxyl groups is 1. The van der Waals surface area contributed by atoms with E-state index in [1.807, 2.05) is 13.0 Å². The molecule has 0 aliphatic heterocycles. The van der Waals surface area contributed by atoms with E-state index in [-0.39, 0.29) is 23.7 Å². The van der Waals surface area contributed by atoms with Crippen molar-refractivity contribution in [3.63, 3.8) is 0 Å². The maximum Gasteiger partial charge on any atom is 0.308 e. The van der Waals surface area contributed by atoms with Crippen molar-refractivity contribution in [2.24, 2.45) is 23.2 Å². The number of unbranched alkanes of at least 4 members (excludes halogenated alkanes) is 8. The van der Waals surface area contributed by atoms with E-state index in [1.165, 1.54) is 61.0 Å². The third kappa shape index (κ3) is 7.75. The second-order valence-electron chi connectivity index (χ2n) is 14.3. The fourth-order valence-corrected chi connectivity index (χ4v) is 9.71. The first-order valence-electron chi connectivity index (χ1n) is 17.6. The molecule has 0 saturated heterocycles. The summed E-state index contributed by atoms with van der Waals surface area (Å²) in [5, 5.41) is 25.9. The van der Waals surface area contributed by atoms with Crippen LogP contribution in [-0.4, -0.2) is 32.9 Å². The van der Waals surface area contributed by atoms with E-state index in [0.29, 0.717) is 48.4 Å². The normalized spacial score (nSPS) is 28.6. The molecule has 8 heteroatoms. The number of anilines is 1. The van der Waals surface area contributed by atoms with Crippen molar-refractivity contribution >= 4 is 28.3 Å². The average molecular weight is 639 g/mol. The smallest absolute Gasteiger partial charge is 0.308 e. The zero-order valence-corrected chi connectivity index (χ0v) is 28.4. The molecular weight excluding hydrogens is 584 g/mol. The van der Waals surface area contributed by atoms with Crippen LogP contribution in [0.5, 0.6) is 5.75 Å². The van der Waals surface area contributed by atoms with Gasteiger partial charge in [0.05, 0.1) is 0 Å². The first-order chi connectivity index (χ1) is 21.6. The van der Waals surface area contributed by atoms with Gasteiger partial charge in [0.2, 0.25) is 11.7 Å². The zero-order valence-electron chi connectivity index (χ0n) is 27.6. The number of carbonyl (C=O) groups is 2. The summed E-state index contributed by atoms with van der Waals surface area (Å²) in [6.45, 7) is 6.33. The van der Waals surface area contributed by atoms with Crippen LogP contribution < -0.4 is 5.32 Å². The number of ether oxygens (including phenoxy) is 1. The van der Waals surface area contributed by atoms with Gasteiger partial charge < -0.3 is 20.3 Å². The number of nitrogens with zero attached hydrogens (tertiary/aromatic N) is 1. The van der Waals surface area contributed by atoms with Crippen LogP contribution in [0.2, 0.25) is 0 Å². The molecular formula is C37H54N2O5S. The van der Waals surface area contributed by atoms with E-state index in [4.69, 9.17) is 4.74 Å². The molecule has 248 valence electrons. The van der Waals surface area contributed by atoms with Gasteiger partial charge in [0.1, 0.15) is 5.75 Å². The molecule has 1 heterocycles. The Morgan fingerprint density at radius 2 is 1.80 bits per heavy atom. The molecule has 2 fully saturated rings. The number of aliphatic hydroxyl groups is 1. The van der Waals surface area contributed by atoms with Crippen LogP contribution in [0, 0.1) is 30.1 Å². The molecule has 6 atom stereocenters. The quantitative estimate of drug-likeness (QED) is 0.102. The van der Waals surface area contributed by atoms with Crippen molar-refractivity contribution in [1.29, 1.82) is 0 Å². The molecule has 0 bridgehead atoms. The highest BCUT2D eigenvalue weighted by atomic mass is 32.1. The summed E-state index contributed by atoms with van der Waals surface area (Å²) < 4.78 is 6.12. The van der Waals surface area contributed by atoms with Crippen LogP contribution in [0.25, 0.3) is 0 Å². The third-order valence-corrected chi connectivity index (χ3v) is 12.1. The van der Waals surface area contributed by atoms with E-state index in [2.05, 4.69) is 30.2 Å². The fraction of sp³-hybridized carbons (Fsp3) is 0.703. The highest BCUT2D eigenvalue weighted by Crippen LogP contribution is 2.67. The number of nitrogens with one attached hydrogen (secondary N) is 1. The van der Waals surface area contributed by atoms with Crippen molar-refractivity contribution in [3.8, 4) is 5.75 Å². The minimum atomic E-state index is -1.54. The summed E-state index contributed by atoms with van der Waals surface area (Å²) in [6, 6.07) is 5.77. The molecule has 1 amide bonds. The largest absolute Gasteiger partial charge is 0.508 e. The number of phenols is 1. The number of fused-ring (bicyclic) bond motifs is 5. The Bertz CT molecular complexity index is 1310. The topological polar surface area (TPSA) is 109 Å². The minimum Gasteiger partial charge on any atom is -0.508 e. The van der Waals surface area contributed by atoms with E-state index in [9.17, 15) is 19.8 Å². The standard InChI is InChI=1S/C37H54N2O5S/c1-4-5-6-7-8-9-10-11-12-13-33(42)44-37(43)23-27(15-19-32(41)39-35-38-24-25(2)45-35)34-31-17-14-26-22-28(40)16-18-29(26)30(31)20-21-36(34,37)3/h16,18,22,24,27,30-31,34,40,43H,4-15,17,19-21,23H2,1-3H3,(H,38,39,41)/t27-,30?,31?,34?,36+,37+/m1/s1. The Labute approximate surface area is 273 Å². The zero-order chi connectivity index (χ0) is 32.0. The lowest BCUT2D eigenvalue weighted by Crippen LogP contribution is -2.53. The summed E-state index contributed by atoms with van der Waals surface area (Å²) in [5.74, 6) is -0.773. The lowest BCUT2D eigenvalue weighted by Gasteiger charge is -2.53. The molecule has 0 spiro atoms. The number of carbonyl (C=O) groups excluding carboxylic acids is 2. The van der Waals surface area contributed by atoms with Crippen molar-refractivity contribution < 1.29 is 24.5 Å². The van der Waals surface area contributed by atoms with Gasteiger partial charge in [-0.15, -0.1) is 11.3 Å². The van der Waals surface area contributed by atoms with Gasteiger partial charge in [-0.1, -0.05) is 71.3 Å². The van der Waals surface area contributed by atoms with Crippen LogP contribution in [0.4, 0.5) is 5.13 Å². The molecule has 45 heavy (non-hydrogen) atoms. The Morgan fingerprint density at radius 3 is 2.51 bits per heavy atom. The third-order valence-electron chi connectivity index (χ3n) is 11.3. The van der Waals surface area contributed by atoms with Gasteiger partial charge in [0.15, 0.2) is 5.13 Å². The molecule has 2 aromatic rings. The first kappa shape index (κ1) is 33.9. The number of rotatable bonds is 15. The monoisotopic (exact) mass is 638 g/mol. The second kappa shape index (κ2) is 15.0. The molecule has 7 nitrogen and oxygen atoms in total. The molecule has 2 saturated carbocycles. The fourth-order valence-electron chi connectivity index (χ4n) is 9.03. The Morgan fingerprint density at radius 1 is 1.07 bits per heavy atom. The van der Waals surface area contributed by atoms with Gasteiger partial charge in [-0.2, -0.15) is 0 Å². The van der Waals surface area contributed by atoms with E-state index >= 15 is 0 Å². The van der Waals surface area contributed by atoms with Gasteiger partial charge in [-0.3, -0.25) is 9.59 Å². The van der Waals surface area contributed by atoms with Gasteiger partial charge in [-0.05, 0) is 92.4 Å². The summed E-state index contributed by atoms with van der Waals surface area (Å²) >= 11 is 1.46. The predicted molar refractivity (Wildman–Crippen MR) is 179 cm³/mol. The van der Waals surface area contributed by atoms with Crippen molar-refractivity contribution in [3.05, 3.63) is 40.4 Å². The second-order valence-corrected chi connectivity index (χ2v) is 15.6. The number of amides is 1. The summed E-state index contributed by atoms with van der Waals surface area (Å²) in [4.78, 5) is 31.5. The molecule has 0 radical (unpaired) electrons. The lowest BCUT2D eigenvalue weighted by atomic mass is 9.53. The molecule has 3 N–H and O–H groups in total. The lowest BCUT2D eigenvalue weighted by molar-refractivity contribution is -0.260. The molecule has 1 aromatic heterocycles. The van der Waals surface area contributed by atoms with Gasteiger partial charge in [0.25, 0.3) is 0 Å². The number of hydrogen-bond donors (Lipinski definition) is 3. The number of thiazole rings is 1. The highest BCUT2D eigenvalue weighted by Gasteiger charge is 2.67. The molecule has 3 aliphatic rings. The summed E-state index contributed by atoms with van der Waals surface area (Å²) in [6.07, 6.45) is 17.5. The number of phenolic OH excluding ortho intramolecular Hbond substituents is 1. The van der Waals surface area contributed by atoms with Crippen LogP contribution in [0.3, 0.4) is 0 Å². The van der Waals surface area contributed by atoms with Crippen LogP contribution >= 0.6 is 11.3 Å². The number of aromatic nitrogens is 1. The Kier molecular flexibility index (Phi) is 11.3. The van der Waals surface area contributed by atoms with Gasteiger partial charge in [0, 0.05) is 35.8 Å². The SMILES string of the molecule is CCCCCCCCCCCC(=O)O[C@@]1(O)C[C@@H](CCC(=O)Nc2ncc(C)s2)C2C3CCc4cc(O)ccc4C3CC[C@@]21C. The number of hydrogen-bond acceptors (Lipinski definition) is 7. The van der Waals surface area contributed by atoms with Crippen LogP contribution in [0.15, 0.2) is 24.4 Å². The first-order valence-corrected chi connectivity index (χ1v) is 18.4. The molecule has 5 rings (SSSR count). The van der Waals surface area contributed by atoms with Gasteiger partial charge in [-0.25, -0.2) is 4.98 Å². The average Bonchev–Trinajstić information content (AvgIpc) is 3.51. The number of aryl methyl sites for hydroxylation is 2. The minimum absolute atomic E-state index is 0.0516. The maximum atomic E-state index is 13.2. The van der Waals surface area contributed by atoms with E-state index in [1.54, 1.807) is 12.3 Å². The maximum absolute atomic E-state index is 13.2. The molecule has 3 aliphatic carbocycles. The Balaban J connectivity index is 1.25. The molecule has 3 unspecified atom stereocenters. The van der Waals surface area contributed by atoms with E-state index in [0.717, 1.165) is 49.8 Å². The molecule has 1 aromatic carbocycles. The summed E-state index contributed by atoms with van der Waals surface area (Å²) in [7, 11) is 0. The van der Waals surface area contributed by atoms with Crippen molar-refractivity contribution in [2.45, 2.75) is 142 Å². The van der Waals surface area contributed by atoms with Crippen molar-refractivity contribution in [1.82, 2.24) is 4.98 Å². The van der Waals surface area contributed by atoms with E-state index < -0.39 is 11.2 Å².